The maximum atomic E-state index is 11.9. The van der Waals surface area contributed by atoms with Gasteiger partial charge in [0, 0.05) is 14.9 Å². The summed E-state index contributed by atoms with van der Waals surface area (Å²) in [6.45, 7) is 3.99. The predicted molar refractivity (Wildman–Crippen MR) is 89.1 cm³/mol. The molecule has 0 amide bonds. The van der Waals surface area contributed by atoms with Gasteiger partial charge in [0.05, 0.1) is 19.4 Å². The van der Waals surface area contributed by atoms with Crippen LogP contribution in [0.5, 0.6) is 5.75 Å². The number of methoxy groups -OCH3 is 1. The topological polar surface area (TPSA) is 61.5 Å². The third kappa shape index (κ3) is 3.06. The summed E-state index contributed by atoms with van der Waals surface area (Å²) >= 11 is 4.74. The van der Waals surface area contributed by atoms with Crippen molar-refractivity contribution in [1.29, 1.82) is 0 Å². The normalized spacial score (nSPS) is 10.5. The summed E-state index contributed by atoms with van der Waals surface area (Å²) in [6.07, 6.45) is 0. The van der Waals surface area contributed by atoms with Gasteiger partial charge in [-0.05, 0) is 37.6 Å². The Balaban J connectivity index is 2.55. The molecule has 0 fully saturated rings. The predicted octanol–water partition coefficient (Wildman–Crippen LogP) is 4.25. The Morgan fingerprint density at radius 2 is 2.14 bits per heavy atom. The van der Waals surface area contributed by atoms with Crippen molar-refractivity contribution in [3.63, 3.8) is 0 Å². The summed E-state index contributed by atoms with van der Waals surface area (Å²) in [5.74, 6) is 0.342. The second kappa shape index (κ2) is 6.49. The molecule has 0 saturated carbocycles. The summed E-state index contributed by atoms with van der Waals surface area (Å²) in [5, 5.41) is 0. The fraction of sp³-hybridized carbons (Fsp3) is 0.267. The lowest BCUT2D eigenvalue weighted by molar-refractivity contribution is 0.0533. The van der Waals surface area contributed by atoms with Gasteiger partial charge in [-0.1, -0.05) is 15.9 Å². The van der Waals surface area contributed by atoms with Gasteiger partial charge >= 0.3 is 5.97 Å². The zero-order chi connectivity index (χ0) is 15.6. The highest BCUT2D eigenvalue weighted by Gasteiger charge is 2.22. The molecule has 112 valence electrons. The smallest absolute Gasteiger partial charge is 0.350 e. The number of esters is 1. The Kier molecular flexibility index (Phi) is 4.90. The minimum atomic E-state index is -0.384. The fourth-order valence-electron chi connectivity index (χ4n) is 1.98. The zero-order valence-electron chi connectivity index (χ0n) is 12.0. The first kappa shape index (κ1) is 15.9. The molecule has 0 aliphatic heterocycles. The zero-order valence-corrected chi connectivity index (χ0v) is 14.4. The van der Waals surface area contributed by atoms with Crippen molar-refractivity contribution in [2.45, 2.75) is 13.8 Å². The Hall–Kier alpha value is -1.53. The molecule has 2 rings (SSSR count). The highest BCUT2D eigenvalue weighted by atomic mass is 79.9. The molecule has 2 N–H and O–H groups in total. The number of hydrogen-bond donors (Lipinski definition) is 1. The number of carbonyl (C=O) groups excluding carboxylic acids is 1. The van der Waals surface area contributed by atoms with Gasteiger partial charge < -0.3 is 15.2 Å². The SMILES string of the molecule is CCOC(=O)c1sc(-c2ccc(Br)cc2OC)c(C)c1N. The van der Waals surface area contributed by atoms with Crippen LogP contribution >= 0.6 is 27.3 Å². The van der Waals surface area contributed by atoms with Gasteiger partial charge in [0.15, 0.2) is 0 Å². The number of thiophene rings is 1. The van der Waals surface area contributed by atoms with E-state index >= 15 is 0 Å². The van der Waals surface area contributed by atoms with Crippen molar-refractivity contribution < 1.29 is 14.3 Å². The number of carbonyl (C=O) groups is 1. The molecular weight excluding hydrogens is 354 g/mol. The monoisotopic (exact) mass is 369 g/mol. The summed E-state index contributed by atoms with van der Waals surface area (Å²) in [6, 6.07) is 5.75. The number of rotatable bonds is 4. The molecule has 21 heavy (non-hydrogen) atoms. The largest absolute Gasteiger partial charge is 0.496 e. The lowest BCUT2D eigenvalue weighted by Gasteiger charge is -2.08. The van der Waals surface area contributed by atoms with Crippen LogP contribution in [0.1, 0.15) is 22.2 Å². The first-order valence-corrected chi connectivity index (χ1v) is 8.00. The van der Waals surface area contributed by atoms with Crippen molar-refractivity contribution in [2.24, 2.45) is 0 Å². The number of nitrogen functional groups attached to an aromatic ring is 1. The van der Waals surface area contributed by atoms with Crippen LogP contribution in [0.2, 0.25) is 0 Å². The highest BCUT2D eigenvalue weighted by Crippen LogP contribution is 2.42. The molecule has 1 heterocycles. The molecule has 1 aromatic heterocycles. The van der Waals surface area contributed by atoms with Gasteiger partial charge in [0.2, 0.25) is 0 Å². The molecule has 0 aliphatic rings. The Morgan fingerprint density at radius 3 is 2.76 bits per heavy atom. The maximum absolute atomic E-state index is 11.9. The molecule has 4 nitrogen and oxygen atoms in total. The second-order valence-electron chi connectivity index (χ2n) is 4.36. The van der Waals surface area contributed by atoms with E-state index < -0.39 is 0 Å². The molecule has 0 bridgehead atoms. The number of nitrogens with two attached hydrogens (primary N) is 1. The fourth-order valence-corrected chi connectivity index (χ4v) is 3.48. The summed E-state index contributed by atoms with van der Waals surface area (Å²) < 4.78 is 11.4. The number of halogens is 1. The van der Waals surface area contributed by atoms with E-state index in [1.165, 1.54) is 11.3 Å². The van der Waals surface area contributed by atoms with E-state index in [1.54, 1.807) is 14.0 Å². The quantitative estimate of drug-likeness (QED) is 0.818. The average molecular weight is 370 g/mol. The summed E-state index contributed by atoms with van der Waals surface area (Å²) in [5.41, 5.74) is 8.30. The Bertz CT molecular complexity index is 682. The molecular formula is C15H16BrNO3S. The first-order valence-electron chi connectivity index (χ1n) is 6.39. The molecule has 0 unspecified atom stereocenters. The van der Waals surface area contributed by atoms with Crippen LogP contribution in [-0.4, -0.2) is 19.7 Å². The first-order chi connectivity index (χ1) is 9.99. The van der Waals surface area contributed by atoms with Crippen molar-refractivity contribution in [3.8, 4) is 16.2 Å². The van der Waals surface area contributed by atoms with Gasteiger partial charge in [0.1, 0.15) is 10.6 Å². The van der Waals surface area contributed by atoms with Gasteiger partial charge in [0.25, 0.3) is 0 Å². The van der Waals surface area contributed by atoms with Crippen LogP contribution in [0.15, 0.2) is 22.7 Å². The highest BCUT2D eigenvalue weighted by molar-refractivity contribution is 9.10. The molecule has 2 aromatic rings. The van der Waals surface area contributed by atoms with Crippen molar-refractivity contribution in [1.82, 2.24) is 0 Å². The van der Waals surface area contributed by atoms with Gasteiger partial charge in [-0.15, -0.1) is 11.3 Å². The van der Waals surface area contributed by atoms with E-state index in [1.807, 2.05) is 25.1 Å². The van der Waals surface area contributed by atoms with Crippen LogP contribution in [0.4, 0.5) is 5.69 Å². The molecule has 0 spiro atoms. The van der Waals surface area contributed by atoms with E-state index in [2.05, 4.69) is 15.9 Å². The van der Waals surface area contributed by atoms with Crippen molar-refractivity contribution in [2.75, 3.05) is 19.5 Å². The lowest BCUT2D eigenvalue weighted by atomic mass is 10.1. The van der Waals surface area contributed by atoms with Crippen LogP contribution in [-0.2, 0) is 4.74 Å². The number of benzene rings is 1. The van der Waals surface area contributed by atoms with E-state index in [0.29, 0.717) is 17.2 Å². The lowest BCUT2D eigenvalue weighted by Crippen LogP contribution is -2.05. The van der Waals surface area contributed by atoms with E-state index in [0.717, 1.165) is 26.2 Å². The molecule has 0 atom stereocenters. The minimum Gasteiger partial charge on any atom is -0.496 e. The maximum Gasteiger partial charge on any atom is 0.350 e. The van der Waals surface area contributed by atoms with Gasteiger partial charge in [-0.25, -0.2) is 4.79 Å². The Labute approximate surface area is 136 Å². The summed E-state index contributed by atoms with van der Waals surface area (Å²) in [4.78, 5) is 13.3. The summed E-state index contributed by atoms with van der Waals surface area (Å²) in [7, 11) is 1.61. The minimum absolute atomic E-state index is 0.326. The van der Waals surface area contributed by atoms with Crippen LogP contribution < -0.4 is 10.5 Å². The number of ether oxygens (including phenoxy) is 2. The van der Waals surface area contributed by atoms with Crippen LogP contribution in [0, 0.1) is 6.92 Å². The molecule has 0 aliphatic carbocycles. The van der Waals surface area contributed by atoms with Crippen LogP contribution in [0.25, 0.3) is 10.4 Å². The number of anilines is 1. The van der Waals surface area contributed by atoms with Crippen molar-refractivity contribution >= 4 is 38.9 Å². The Morgan fingerprint density at radius 1 is 1.43 bits per heavy atom. The third-order valence-corrected chi connectivity index (χ3v) is 4.88. The third-order valence-electron chi connectivity index (χ3n) is 3.06. The van der Waals surface area contributed by atoms with Gasteiger partial charge in [-0.2, -0.15) is 0 Å². The number of hydrogen-bond acceptors (Lipinski definition) is 5. The average Bonchev–Trinajstić information content (AvgIpc) is 2.76. The molecule has 0 saturated heterocycles. The van der Waals surface area contributed by atoms with Crippen LogP contribution in [0.3, 0.4) is 0 Å². The standard InChI is InChI=1S/C15H16BrNO3S/c1-4-20-15(18)14-12(17)8(2)13(21-14)10-6-5-9(16)7-11(10)19-3/h5-7H,4,17H2,1-3H3. The van der Waals surface area contributed by atoms with E-state index in [9.17, 15) is 4.79 Å². The van der Waals surface area contributed by atoms with E-state index in [4.69, 9.17) is 15.2 Å². The van der Waals surface area contributed by atoms with Gasteiger partial charge in [-0.3, -0.25) is 0 Å². The van der Waals surface area contributed by atoms with Crippen molar-refractivity contribution in [3.05, 3.63) is 33.1 Å². The second-order valence-corrected chi connectivity index (χ2v) is 6.30. The molecule has 6 heteroatoms. The molecule has 1 aromatic carbocycles. The van der Waals surface area contributed by atoms with E-state index in [-0.39, 0.29) is 5.97 Å². The molecule has 0 radical (unpaired) electrons.